The van der Waals surface area contributed by atoms with E-state index in [0.29, 0.717) is 32.8 Å². The molecule has 0 radical (unpaired) electrons. The van der Waals surface area contributed by atoms with Crippen LogP contribution >= 0.6 is 35.0 Å². The Balaban J connectivity index is 1.59. The molecular weight excluding hydrogens is 503 g/mol. The van der Waals surface area contributed by atoms with Crippen LogP contribution < -0.4 is 10.6 Å². The van der Waals surface area contributed by atoms with Gasteiger partial charge in [-0.1, -0.05) is 35.0 Å². The molecule has 178 valence electrons. The topological polar surface area (TPSA) is 132 Å². The van der Waals surface area contributed by atoms with E-state index >= 15 is 0 Å². The van der Waals surface area contributed by atoms with Crippen molar-refractivity contribution in [2.45, 2.75) is 25.0 Å². The number of aryl methyl sites for hydroxylation is 1. The van der Waals surface area contributed by atoms with Crippen LogP contribution in [0.1, 0.15) is 34.7 Å². The molecule has 0 aliphatic carbocycles. The number of nitrogens with one attached hydrogen (secondary N) is 2. The Morgan fingerprint density at radius 1 is 1.18 bits per heavy atom. The number of carbonyl (C=O) groups excluding carboxylic acids is 2. The first-order valence-corrected chi connectivity index (χ1v) is 11.6. The van der Waals surface area contributed by atoms with E-state index in [1.165, 1.54) is 36.0 Å². The number of aromatic nitrogens is 3. The highest BCUT2D eigenvalue weighted by Crippen LogP contribution is 2.24. The summed E-state index contributed by atoms with van der Waals surface area (Å²) in [4.78, 5) is 35.2. The van der Waals surface area contributed by atoms with Gasteiger partial charge in [0.2, 0.25) is 5.91 Å². The Morgan fingerprint density at radius 3 is 2.56 bits per heavy atom. The quantitative estimate of drug-likeness (QED) is 0.251. The van der Waals surface area contributed by atoms with Gasteiger partial charge >= 0.3 is 0 Å². The molecule has 2 aromatic carbocycles. The van der Waals surface area contributed by atoms with Gasteiger partial charge in [-0.15, -0.1) is 10.2 Å². The summed E-state index contributed by atoms with van der Waals surface area (Å²) in [6, 6.07) is 8.35. The third-order valence-corrected chi connectivity index (χ3v) is 6.57. The molecule has 1 aromatic heterocycles. The van der Waals surface area contributed by atoms with Crippen LogP contribution in [0.5, 0.6) is 0 Å². The number of amides is 2. The average Bonchev–Trinajstić information content (AvgIpc) is 3.15. The highest BCUT2D eigenvalue weighted by molar-refractivity contribution is 7.99. The van der Waals surface area contributed by atoms with Gasteiger partial charge in [0.05, 0.1) is 26.8 Å². The summed E-state index contributed by atoms with van der Waals surface area (Å²) >= 11 is 13.0. The van der Waals surface area contributed by atoms with Crippen molar-refractivity contribution in [3.05, 3.63) is 73.5 Å². The second kappa shape index (κ2) is 10.9. The minimum atomic E-state index is -0.492. The van der Waals surface area contributed by atoms with Gasteiger partial charge in [0, 0.05) is 30.4 Å². The monoisotopic (exact) mass is 522 g/mol. The van der Waals surface area contributed by atoms with Crippen molar-refractivity contribution in [3.63, 3.8) is 0 Å². The number of hydrogen-bond donors (Lipinski definition) is 2. The molecule has 2 amide bonds. The molecule has 0 aliphatic heterocycles. The number of hydrogen-bond acceptors (Lipinski definition) is 7. The van der Waals surface area contributed by atoms with Crippen molar-refractivity contribution in [1.82, 2.24) is 20.1 Å². The number of non-ortho nitro benzene ring substituents is 1. The van der Waals surface area contributed by atoms with Crippen molar-refractivity contribution < 1.29 is 14.5 Å². The number of benzene rings is 2. The first kappa shape index (κ1) is 25.5. The molecule has 3 rings (SSSR count). The van der Waals surface area contributed by atoms with Crippen molar-refractivity contribution in [1.29, 1.82) is 0 Å². The van der Waals surface area contributed by atoms with E-state index in [0.717, 1.165) is 0 Å². The normalized spacial score (nSPS) is 11.7. The molecule has 3 aromatic rings. The van der Waals surface area contributed by atoms with Gasteiger partial charge in [-0.3, -0.25) is 19.7 Å². The lowest BCUT2D eigenvalue weighted by Crippen LogP contribution is -2.28. The second-order valence-corrected chi connectivity index (χ2v) is 9.07. The summed E-state index contributed by atoms with van der Waals surface area (Å²) in [6.07, 6.45) is 0. The van der Waals surface area contributed by atoms with Gasteiger partial charge in [0.1, 0.15) is 0 Å². The Labute approximate surface area is 209 Å². The maximum Gasteiger partial charge on any atom is 0.269 e. The highest BCUT2D eigenvalue weighted by Gasteiger charge is 2.20. The van der Waals surface area contributed by atoms with Gasteiger partial charge in [-0.25, -0.2) is 0 Å². The van der Waals surface area contributed by atoms with E-state index in [4.69, 9.17) is 23.2 Å². The molecule has 0 saturated heterocycles. The molecule has 10 nitrogen and oxygen atoms in total. The lowest BCUT2D eigenvalue weighted by atomic mass is 10.2. The molecule has 34 heavy (non-hydrogen) atoms. The van der Waals surface area contributed by atoms with Gasteiger partial charge in [0.15, 0.2) is 11.0 Å². The number of thioether (sulfide) groups is 1. The van der Waals surface area contributed by atoms with Crippen LogP contribution in [0, 0.1) is 17.0 Å². The van der Waals surface area contributed by atoms with Gasteiger partial charge in [0.25, 0.3) is 11.6 Å². The molecule has 0 aliphatic rings. The minimum absolute atomic E-state index is 0.0446. The SMILES string of the molecule is Cc1cc([N+](=O)[O-])ccc1NC(=O)CSc1nnc([C@@H](C)NC(=O)c2ccc(Cl)c(Cl)c2)n1C. The summed E-state index contributed by atoms with van der Waals surface area (Å²) in [5.41, 5.74) is 1.39. The Kier molecular flexibility index (Phi) is 8.13. The van der Waals surface area contributed by atoms with Gasteiger partial charge < -0.3 is 15.2 Å². The zero-order chi connectivity index (χ0) is 25.0. The van der Waals surface area contributed by atoms with E-state index in [1.54, 1.807) is 37.6 Å². The number of nitrogens with zero attached hydrogens (tertiary/aromatic N) is 4. The lowest BCUT2D eigenvalue weighted by molar-refractivity contribution is -0.384. The van der Waals surface area contributed by atoms with Crippen LogP contribution in [-0.2, 0) is 11.8 Å². The number of anilines is 1. The smallest absolute Gasteiger partial charge is 0.269 e. The number of nitro benzene ring substituents is 1. The van der Waals surface area contributed by atoms with Gasteiger partial charge in [-0.2, -0.15) is 0 Å². The first-order valence-electron chi connectivity index (χ1n) is 9.89. The lowest BCUT2D eigenvalue weighted by Gasteiger charge is -2.14. The van der Waals surface area contributed by atoms with Crippen LogP contribution in [0.15, 0.2) is 41.6 Å². The second-order valence-electron chi connectivity index (χ2n) is 7.32. The standard InChI is InChI=1S/C21H20Cl2N6O4S/c1-11-8-14(29(32)33)5-7-17(11)25-18(30)10-34-21-27-26-19(28(21)3)12(2)24-20(31)13-4-6-15(22)16(23)9-13/h4-9,12H,10H2,1-3H3,(H,24,31)(H,25,30)/t12-/m1/s1. The molecule has 1 atom stereocenters. The molecule has 0 unspecified atom stereocenters. The maximum atomic E-state index is 12.5. The summed E-state index contributed by atoms with van der Waals surface area (Å²) < 4.78 is 1.69. The number of nitro groups is 1. The predicted molar refractivity (Wildman–Crippen MR) is 131 cm³/mol. The fraction of sp³-hybridized carbons (Fsp3) is 0.238. The van der Waals surface area contributed by atoms with E-state index in [1.807, 2.05) is 0 Å². The number of carbonyl (C=O) groups is 2. The first-order chi connectivity index (χ1) is 16.1. The molecule has 0 saturated carbocycles. The predicted octanol–water partition coefficient (Wildman–Crippen LogP) is 4.56. The Hall–Kier alpha value is -3.15. The molecule has 1 heterocycles. The Bertz CT molecular complexity index is 1270. The highest BCUT2D eigenvalue weighted by atomic mass is 35.5. The summed E-state index contributed by atoms with van der Waals surface area (Å²) in [5.74, 6) is -0.0945. The van der Waals surface area contributed by atoms with Crippen molar-refractivity contribution in [2.24, 2.45) is 7.05 Å². The number of rotatable bonds is 8. The van der Waals surface area contributed by atoms with E-state index in [2.05, 4.69) is 20.8 Å². The van der Waals surface area contributed by atoms with Crippen LogP contribution in [0.25, 0.3) is 0 Å². The van der Waals surface area contributed by atoms with E-state index < -0.39 is 11.0 Å². The largest absolute Gasteiger partial charge is 0.342 e. The molecule has 0 fully saturated rings. The molecule has 2 N–H and O–H groups in total. The third-order valence-electron chi connectivity index (χ3n) is 4.81. The van der Waals surface area contributed by atoms with Crippen molar-refractivity contribution in [3.8, 4) is 0 Å². The molecule has 0 bridgehead atoms. The van der Waals surface area contributed by atoms with Crippen molar-refractivity contribution >= 4 is 58.2 Å². The van der Waals surface area contributed by atoms with Crippen LogP contribution in [0.3, 0.4) is 0 Å². The van der Waals surface area contributed by atoms with Crippen molar-refractivity contribution in [2.75, 3.05) is 11.1 Å². The summed E-state index contributed by atoms with van der Waals surface area (Å²) in [6.45, 7) is 3.44. The molecular formula is C21H20Cl2N6O4S. The zero-order valence-corrected chi connectivity index (χ0v) is 20.7. The zero-order valence-electron chi connectivity index (χ0n) is 18.3. The van der Waals surface area contributed by atoms with Gasteiger partial charge in [-0.05, 0) is 43.7 Å². The minimum Gasteiger partial charge on any atom is -0.342 e. The average molecular weight is 523 g/mol. The Morgan fingerprint density at radius 2 is 1.91 bits per heavy atom. The molecule has 0 spiro atoms. The van der Waals surface area contributed by atoms with E-state index in [9.17, 15) is 19.7 Å². The van der Waals surface area contributed by atoms with Crippen LogP contribution in [-0.4, -0.2) is 37.3 Å². The van der Waals surface area contributed by atoms with E-state index in [-0.39, 0.29) is 28.3 Å². The van der Waals surface area contributed by atoms with Crippen LogP contribution in [0.4, 0.5) is 11.4 Å². The number of halogens is 2. The van der Waals surface area contributed by atoms with Crippen LogP contribution in [0.2, 0.25) is 10.0 Å². The fourth-order valence-electron chi connectivity index (χ4n) is 3.03. The summed E-state index contributed by atoms with van der Waals surface area (Å²) in [5, 5.41) is 25.8. The molecule has 13 heteroatoms. The third kappa shape index (κ3) is 6.04. The fourth-order valence-corrected chi connectivity index (χ4v) is 4.05. The maximum absolute atomic E-state index is 12.5. The summed E-state index contributed by atoms with van der Waals surface area (Å²) in [7, 11) is 1.73.